The van der Waals surface area contributed by atoms with Crippen molar-refractivity contribution in [3.63, 3.8) is 0 Å². The highest BCUT2D eigenvalue weighted by molar-refractivity contribution is 5.81. The highest BCUT2D eigenvalue weighted by Crippen LogP contribution is 2.24. The van der Waals surface area contributed by atoms with Crippen LogP contribution in [0.5, 0.6) is 0 Å². The highest BCUT2D eigenvalue weighted by atomic mass is 16.1. The lowest BCUT2D eigenvalue weighted by atomic mass is 10.0. The molecule has 0 radical (unpaired) electrons. The number of ketones is 1. The summed E-state index contributed by atoms with van der Waals surface area (Å²) in [7, 11) is 0. The van der Waals surface area contributed by atoms with E-state index in [1.165, 1.54) is 12.8 Å². The molecule has 0 bridgehead atoms. The molecule has 0 amide bonds. The Hall–Kier alpha value is -0.370. The number of fused-ring (bicyclic) bond motifs is 1. The monoisotopic (exact) mass is 139 g/mol. The lowest BCUT2D eigenvalue weighted by molar-refractivity contribution is -0.122. The van der Waals surface area contributed by atoms with E-state index in [4.69, 9.17) is 0 Å². The Morgan fingerprint density at radius 3 is 3.20 bits per heavy atom. The van der Waals surface area contributed by atoms with Crippen LogP contribution in [0, 0.1) is 0 Å². The molecule has 0 unspecified atom stereocenters. The van der Waals surface area contributed by atoms with Gasteiger partial charge in [0.25, 0.3) is 0 Å². The van der Waals surface area contributed by atoms with Crippen LogP contribution in [0.1, 0.15) is 25.7 Å². The first kappa shape index (κ1) is 6.35. The van der Waals surface area contributed by atoms with Crippen LogP contribution in [-0.2, 0) is 4.79 Å². The Labute approximate surface area is 61.2 Å². The Balaban J connectivity index is 2.03. The lowest BCUT2D eigenvalue weighted by Crippen LogP contribution is -2.39. The molecule has 56 valence electrons. The molecule has 2 fully saturated rings. The Morgan fingerprint density at radius 2 is 2.30 bits per heavy atom. The van der Waals surface area contributed by atoms with Gasteiger partial charge in [0.15, 0.2) is 0 Å². The van der Waals surface area contributed by atoms with Gasteiger partial charge in [0.2, 0.25) is 0 Å². The number of rotatable bonds is 0. The van der Waals surface area contributed by atoms with Crippen molar-refractivity contribution in [3.05, 3.63) is 0 Å². The summed E-state index contributed by atoms with van der Waals surface area (Å²) in [6.07, 6.45) is 4.59. The van der Waals surface area contributed by atoms with E-state index in [0.717, 1.165) is 32.0 Å². The molecule has 0 N–H and O–H groups in total. The van der Waals surface area contributed by atoms with Crippen LogP contribution >= 0.6 is 0 Å². The number of carbonyl (C=O) groups is 1. The van der Waals surface area contributed by atoms with Gasteiger partial charge in [-0.1, -0.05) is 0 Å². The van der Waals surface area contributed by atoms with Crippen LogP contribution in [0.25, 0.3) is 0 Å². The average Bonchev–Trinajstić information content (AvgIpc) is 2.33. The number of Topliss-reactive ketones (excluding diaryl/α,β-unsaturated/α-hetero) is 1. The fraction of sp³-hybridized carbons (Fsp3) is 0.875. The van der Waals surface area contributed by atoms with Gasteiger partial charge in [-0.25, -0.2) is 0 Å². The fourth-order valence-electron chi connectivity index (χ4n) is 2.06. The molecule has 1 atom stereocenters. The number of piperidine rings is 1. The third kappa shape index (κ3) is 0.966. The molecular weight excluding hydrogens is 126 g/mol. The molecule has 2 heterocycles. The van der Waals surface area contributed by atoms with Gasteiger partial charge < -0.3 is 0 Å². The van der Waals surface area contributed by atoms with Gasteiger partial charge in [-0.3, -0.25) is 9.69 Å². The van der Waals surface area contributed by atoms with Crippen molar-refractivity contribution >= 4 is 5.78 Å². The smallest absolute Gasteiger partial charge is 0.146 e. The van der Waals surface area contributed by atoms with Gasteiger partial charge in [0.1, 0.15) is 5.78 Å². The first-order valence-corrected chi connectivity index (χ1v) is 4.12. The maximum atomic E-state index is 11.0. The molecule has 2 saturated heterocycles. The molecule has 2 aliphatic heterocycles. The quantitative estimate of drug-likeness (QED) is 0.495. The molecule has 0 aromatic rings. The summed E-state index contributed by atoms with van der Waals surface area (Å²) >= 11 is 0. The minimum Gasteiger partial charge on any atom is -0.298 e. The topological polar surface area (TPSA) is 20.3 Å². The second-order valence-corrected chi connectivity index (χ2v) is 3.34. The van der Waals surface area contributed by atoms with Gasteiger partial charge in [-0.2, -0.15) is 0 Å². The van der Waals surface area contributed by atoms with E-state index >= 15 is 0 Å². The van der Waals surface area contributed by atoms with E-state index in [1.54, 1.807) is 0 Å². The van der Waals surface area contributed by atoms with Crippen molar-refractivity contribution in [2.75, 3.05) is 13.1 Å². The molecule has 0 aliphatic carbocycles. The third-order valence-corrected chi connectivity index (χ3v) is 2.63. The third-order valence-electron chi connectivity index (χ3n) is 2.63. The van der Waals surface area contributed by atoms with Crippen LogP contribution < -0.4 is 0 Å². The SMILES string of the molecule is O=C1CC[C@@H]2CCCN2C1. The van der Waals surface area contributed by atoms with Crippen LogP contribution in [-0.4, -0.2) is 29.8 Å². The molecule has 10 heavy (non-hydrogen) atoms. The summed E-state index contributed by atoms with van der Waals surface area (Å²) in [6.45, 7) is 1.90. The fourth-order valence-corrected chi connectivity index (χ4v) is 2.06. The van der Waals surface area contributed by atoms with E-state index in [2.05, 4.69) is 4.90 Å². The Kier molecular flexibility index (Phi) is 1.49. The van der Waals surface area contributed by atoms with Crippen molar-refractivity contribution in [1.82, 2.24) is 4.90 Å². The predicted molar refractivity (Wildman–Crippen MR) is 38.8 cm³/mol. The standard InChI is InChI=1S/C8H13NO/c10-8-4-3-7-2-1-5-9(7)6-8/h7H,1-6H2/t7-/m0/s1. The number of carbonyl (C=O) groups excluding carboxylic acids is 1. The van der Waals surface area contributed by atoms with Crippen molar-refractivity contribution in [2.24, 2.45) is 0 Å². The van der Waals surface area contributed by atoms with Gasteiger partial charge in [-0.05, 0) is 25.8 Å². The second-order valence-electron chi connectivity index (χ2n) is 3.34. The van der Waals surface area contributed by atoms with Crippen molar-refractivity contribution in [2.45, 2.75) is 31.7 Å². The number of nitrogens with zero attached hydrogens (tertiary/aromatic N) is 1. The van der Waals surface area contributed by atoms with Crippen LogP contribution in [0.4, 0.5) is 0 Å². The highest BCUT2D eigenvalue weighted by Gasteiger charge is 2.29. The van der Waals surface area contributed by atoms with E-state index in [9.17, 15) is 4.79 Å². The zero-order chi connectivity index (χ0) is 6.97. The minimum absolute atomic E-state index is 0.443. The molecule has 2 heteroatoms. The summed E-state index contributed by atoms with van der Waals surface area (Å²) < 4.78 is 0. The molecule has 2 aliphatic rings. The predicted octanol–water partition coefficient (Wildman–Crippen LogP) is 0.814. The average molecular weight is 139 g/mol. The van der Waals surface area contributed by atoms with E-state index in [1.807, 2.05) is 0 Å². The maximum absolute atomic E-state index is 11.0. The van der Waals surface area contributed by atoms with Crippen molar-refractivity contribution < 1.29 is 4.79 Å². The second kappa shape index (κ2) is 2.35. The van der Waals surface area contributed by atoms with Crippen LogP contribution in [0.15, 0.2) is 0 Å². The summed E-state index contributed by atoms with van der Waals surface area (Å²) in [4.78, 5) is 13.3. The Morgan fingerprint density at radius 1 is 1.40 bits per heavy atom. The minimum atomic E-state index is 0.443. The molecule has 2 rings (SSSR count). The van der Waals surface area contributed by atoms with Crippen molar-refractivity contribution in [1.29, 1.82) is 0 Å². The van der Waals surface area contributed by atoms with Gasteiger partial charge >= 0.3 is 0 Å². The maximum Gasteiger partial charge on any atom is 0.146 e. The molecule has 0 aromatic carbocycles. The van der Waals surface area contributed by atoms with Gasteiger partial charge in [0.05, 0.1) is 6.54 Å². The van der Waals surface area contributed by atoms with Gasteiger partial charge in [0, 0.05) is 12.5 Å². The molecule has 0 spiro atoms. The zero-order valence-electron chi connectivity index (χ0n) is 6.18. The summed E-state index contributed by atoms with van der Waals surface area (Å²) in [6, 6.07) is 0.762. The van der Waals surface area contributed by atoms with Crippen LogP contribution in [0.2, 0.25) is 0 Å². The summed E-state index contributed by atoms with van der Waals surface area (Å²) in [5, 5.41) is 0. The van der Waals surface area contributed by atoms with E-state index in [0.29, 0.717) is 5.78 Å². The number of hydrogen-bond donors (Lipinski definition) is 0. The molecule has 0 saturated carbocycles. The largest absolute Gasteiger partial charge is 0.298 e. The molecule has 0 aromatic heterocycles. The van der Waals surface area contributed by atoms with E-state index in [-0.39, 0.29) is 0 Å². The van der Waals surface area contributed by atoms with Gasteiger partial charge in [-0.15, -0.1) is 0 Å². The van der Waals surface area contributed by atoms with E-state index < -0.39 is 0 Å². The Bertz CT molecular complexity index is 155. The molecule has 2 nitrogen and oxygen atoms in total. The first-order valence-electron chi connectivity index (χ1n) is 4.12. The summed E-state index contributed by atoms with van der Waals surface area (Å²) in [5.41, 5.74) is 0. The first-order chi connectivity index (χ1) is 4.86. The number of hydrogen-bond acceptors (Lipinski definition) is 2. The molecular formula is C8H13NO. The van der Waals surface area contributed by atoms with Crippen molar-refractivity contribution in [3.8, 4) is 0 Å². The normalized spacial score (nSPS) is 34.4. The van der Waals surface area contributed by atoms with Crippen LogP contribution in [0.3, 0.4) is 0 Å². The summed E-state index contributed by atoms with van der Waals surface area (Å²) in [5.74, 6) is 0.443. The zero-order valence-corrected chi connectivity index (χ0v) is 6.18. The lowest BCUT2D eigenvalue weighted by Gasteiger charge is -2.27.